The number of rotatable bonds is 4. The van der Waals surface area contributed by atoms with E-state index < -0.39 is 10.0 Å². The number of carbonyl (C=O) groups excluding carboxylic acids is 2. The highest BCUT2D eigenvalue weighted by Gasteiger charge is 2.42. The molecule has 10 nitrogen and oxygen atoms in total. The molecule has 0 unspecified atom stereocenters. The standard InChI is InChI=1S/C24H25N3O3S.C18H21N3O/c28-24-20-7-4-8-21-23(20)18(15-27(21)31(29,30)19-5-2-1-3-6-19)11-14-26(24)22-16-25-12-9-17(22)10-13-25;22-18-14-2-1-3-15-17(14)13(10-19-15)6-9-21(18)16-11-20-7-4-12(16)5-8-20/h1-8,15,17,22H,9-14,16H2;1-3,10,12,16,19H,4-9,11H2/t22-;16-/m11/s1. The highest BCUT2D eigenvalue weighted by Crippen LogP contribution is 2.37. The van der Waals surface area contributed by atoms with Crippen LogP contribution < -0.4 is 0 Å². The van der Waals surface area contributed by atoms with Crippen molar-refractivity contribution in [3.63, 3.8) is 0 Å². The van der Waals surface area contributed by atoms with Crippen molar-refractivity contribution in [2.75, 3.05) is 52.4 Å². The van der Waals surface area contributed by atoms with Gasteiger partial charge in [-0.15, -0.1) is 0 Å². The second-order valence-corrected chi connectivity index (χ2v) is 17.7. The highest BCUT2D eigenvalue weighted by atomic mass is 32.2. The number of nitrogens with zero attached hydrogens (tertiary/aromatic N) is 5. The third-order valence-corrected chi connectivity index (χ3v) is 14.9. The van der Waals surface area contributed by atoms with Crippen LogP contribution in [0.4, 0.5) is 0 Å². The Morgan fingerprint density at radius 3 is 1.75 bits per heavy atom. The number of nitrogens with one attached hydrogen (secondary N) is 1. The van der Waals surface area contributed by atoms with Crippen molar-refractivity contribution in [1.82, 2.24) is 28.6 Å². The van der Waals surface area contributed by atoms with Crippen molar-refractivity contribution in [3.8, 4) is 0 Å². The van der Waals surface area contributed by atoms with E-state index in [9.17, 15) is 18.0 Å². The van der Waals surface area contributed by atoms with Gasteiger partial charge in [0.2, 0.25) is 0 Å². The van der Waals surface area contributed by atoms with E-state index in [-0.39, 0.29) is 22.8 Å². The fourth-order valence-electron chi connectivity index (χ4n) is 10.4. The smallest absolute Gasteiger partial charge is 0.268 e. The molecule has 0 aliphatic carbocycles. The van der Waals surface area contributed by atoms with Crippen LogP contribution in [0.15, 0.2) is 84.0 Å². The van der Waals surface area contributed by atoms with Gasteiger partial charge in [-0.25, -0.2) is 12.4 Å². The van der Waals surface area contributed by atoms with Crippen LogP contribution in [0, 0.1) is 11.8 Å². The molecule has 4 bridgehead atoms. The van der Waals surface area contributed by atoms with E-state index in [1.165, 1.54) is 35.5 Å². The van der Waals surface area contributed by atoms with Gasteiger partial charge >= 0.3 is 0 Å². The molecule has 13 rings (SSSR count). The summed E-state index contributed by atoms with van der Waals surface area (Å²) in [6, 6.07) is 20.7. The Labute approximate surface area is 310 Å². The number of fused-ring (bicyclic) bond motifs is 6. The molecular weight excluding hydrogens is 685 g/mol. The molecule has 6 saturated heterocycles. The summed E-state index contributed by atoms with van der Waals surface area (Å²) in [6.45, 7) is 8.24. The number of piperidine rings is 6. The Hall–Kier alpha value is -4.45. The normalized spacial score (nSPS) is 27.8. The van der Waals surface area contributed by atoms with E-state index in [4.69, 9.17) is 0 Å². The maximum Gasteiger partial charge on any atom is 0.268 e. The zero-order valence-electron chi connectivity index (χ0n) is 30.0. The molecule has 6 fully saturated rings. The monoisotopic (exact) mass is 730 g/mol. The van der Waals surface area contributed by atoms with Gasteiger partial charge in [-0.1, -0.05) is 30.3 Å². The molecule has 11 heteroatoms. The summed E-state index contributed by atoms with van der Waals surface area (Å²) in [5.74, 6) is 1.55. The first-order valence-electron chi connectivity index (χ1n) is 19.4. The molecule has 8 aliphatic rings. The van der Waals surface area contributed by atoms with Crippen LogP contribution in [-0.2, 0) is 22.9 Å². The van der Waals surface area contributed by atoms with Crippen molar-refractivity contribution in [3.05, 3.63) is 101 Å². The Kier molecular flexibility index (Phi) is 8.03. The number of hydrogen-bond donors (Lipinski definition) is 1. The largest absolute Gasteiger partial charge is 0.361 e. The lowest BCUT2D eigenvalue weighted by Gasteiger charge is -2.49. The van der Waals surface area contributed by atoms with Gasteiger partial charge in [0.1, 0.15) is 0 Å². The summed E-state index contributed by atoms with van der Waals surface area (Å²) < 4.78 is 28.0. The fourth-order valence-corrected chi connectivity index (χ4v) is 11.8. The van der Waals surface area contributed by atoms with Gasteiger partial charge in [0.15, 0.2) is 0 Å². The minimum atomic E-state index is -3.73. The van der Waals surface area contributed by atoms with Gasteiger partial charge in [-0.3, -0.25) is 9.59 Å². The Bertz CT molecular complexity index is 2330. The van der Waals surface area contributed by atoms with Gasteiger partial charge < -0.3 is 24.6 Å². The molecule has 274 valence electrons. The van der Waals surface area contributed by atoms with Crippen LogP contribution in [0.1, 0.15) is 57.5 Å². The number of benzene rings is 3. The number of aromatic nitrogens is 2. The van der Waals surface area contributed by atoms with Crippen LogP contribution in [0.2, 0.25) is 0 Å². The predicted octanol–water partition coefficient (Wildman–Crippen LogP) is 5.23. The molecule has 8 aliphatic heterocycles. The second-order valence-electron chi connectivity index (χ2n) is 15.9. The van der Waals surface area contributed by atoms with E-state index in [0.717, 1.165) is 79.4 Å². The summed E-state index contributed by atoms with van der Waals surface area (Å²) in [4.78, 5) is 39.7. The average Bonchev–Trinajstić information content (AvgIpc) is 3.73. The van der Waals surface area contributed by atoms with Crippen molar-refractivity contribution >= 4 is 43.6 Å². The van der Waals surface area contributed by atoms with Crippen LogP contribution in [0.5, 0.6) is 0 Å². The van der Waals surface area contributed by atoms with Gasteiger partial charge in [-0.05, 0) is 124 Å². The van der Waals surface area contributed by atoms with Gasteiger partial charge in [0.05, 0.1) is 10.4 Å². The lowest BCUT2D eigenvalue weighted by molar-refractivity contribution is 0.00803. The Morgan fingerprint density at radius 2 is 1.17 bits per heavy atom. The Balaban J connectivity index is 0.000000140. The first kappa shape index (κ1) is 33.1. The number of carbonyl (C=O) groups is 2. The number of H-pyrrole nitrogens is 1. The summed E-state index contributed by atoms with van der Waals surface area (Å²) >= 11 is 0. The van der Waals surface area contributed by atoms with Gasteiger partial charge in [0, 0.05) is 78.1 Å². The van der Waals surface area contributed by atoms with Crippen LogP contribution in [-0.4, -0.2) is 113 Å². The quantitative estimate of drug-likeness (QED) is 0.272. The molecule has 0 radical (unpaired) electrons. The molecule has 0 saturated carbocycles. The topological polar surface area (TPSA) is 102 Å². The molecule has 2 atom stereocenters. The molecule has 5 aromatic rings. The number of hydrogen-bond acceptors (Lipinski definition) is 6. The zero-order chi connectivity index (χ0) is 35.8. The first-order chi connectivity index (χ1) is 25.8. The summed E-state index contributed by atoms with van der Waals surface area (Å²) in [6.07, 6.45) is 10.3. The van der Waals surface area contributed by atoms with Crippen LogP contribution in [0.3, 0.4) is 0 Å². The first-order valence-corrected chi connectivity index (χ1v) is 20.9. The predicted molar refractivity (Wildman–Crippen MR) is 205 cm³/mol. The maximum absolute atomic E-state index is 13.7. The van der Waals surface area contributed by atoms with Gasteiger partial charge in [0.25, 0.3) is 21.8 Å². The summed E-state index contributed by atoms with van der Waals surface area (Å²) in [5, 5.41) is 1.94. The molecule has 53 heavy (non-hydrogen) atoms. The summed E-state index contributed by atoms with van der Waals surface area (Å²) in [5.41, 5.74) is 5.42. The average molecular weight is 731 g/mol. The van der Waals surface area contributed by atoms with E-state index >= 15 is 0 Å². The lowest BCUT2D eigenvalue weighted by Crippen LogP contribution is -2.58. The number of aromatic amines is 1. The van der Waals surface area contributed by atoms with Crippen LogP contribution >= 0.6 is 0 Å². The molecule has 1 N–H and O–H groups in total. The van der Waals surface area contributed by atoms with E-state index in [1.807, 2.05) is 18.2 Å². The second kappa shape index (κ2) is 12.8. The van der Waals surface area contributed by atoms with Gasteiger partial charge in [-0.2, -0.15) is 0 Å². The number of amides is 2. The van der Waals surface area contributed by atoms with Crippen molar-refractivity contribution < 1.29 is 18.0 Å². The molecular formula is C42H46N6O4S. The summed E-state index contributed by atoms with van der Waals surface area (Å²) in [7, 11) is -3.73. The van der Waals surface area contributed by atoms with E-state index in [0.29, 0.717) is 41.9 Å². The molecule has 2 aromatic heterocycles. The van der Waals surface area contributed by atoms with E-state index in [1.54, 1.807) is 48.7 Å². The van der Waals surface area contributed by atoms with Crippen molar-refractivity contribution in [1.29, 1.82) is 0 Å². The van der Waals surface area contributed by atoms with Crippen LogP contribution in [0.25, 0.3) is 21.8 Å². The minimum Gasteiger partial charge on any atom is -0.361 e. The fraction of sp³-hybridized carbons (Fsp3) is 0.429. The molecule has 0 spiro atoms. The van der Waals surface area contributed by atoms with Crippen molar-refractivity contribution in [2.45, 2.75) is 55.5 Å². The highest BCUT2D eigenvalue weighted by molar-refractivity contribution is 7.90. The third-order valence-electron chi connectivity index (χ3n) is 13.2. The lowest BCUT2D eigenvalue weighted by atomic mass is 9.83. The van der Waals surface area contributed by atoms with E-state index in [2.05, 4.69) is 36.8 Å². The molecule has 10 heterocycles. The SMILES string of the molecule is O=C1c2cccc3[nH]cc(c23)CCN1[C@@H]1CN2CCC1CC2.O=C1c2cccc3c2c(cn3S(=O)(=O)c2ccccc2)CCN1[C@@H]1CN2CCC1CC2. The molecule has 2 amide bonds. The zero-order valence-corrected chi connectivity index (χ0v) is 30.8. The Morgan fingerprint density at radius 1 is 0.604 bits per heavy atom. The molecule has 3 aromatic carbocycles. The third kappa shape index (κ3) is 5.45. The maximum atomic E-state index is 13.7. The van der Waals surface area contributed by atoms with Crippen molar-refractivity contribution in [2.24, 2.45) is 11.8 Å². The minimum absolute atomic E-state index is 0.0398.